The summed E-state index contributed by atoms with van der Waals surface area (Å²) in [4.78, 5) is 0. The van der Waals surface area contributed by atoms with Gasteiger partial charge in [0.15, 0.2) is 0 Å². The molecular weight excluding hydrogens is 198 g/mol. The molecule has 2 nitrogen and oxygen atoms in total. The summed E-state index contributed by atoms with van der Waals surface area (Å²) in [5, 5.41) is 13.1. The second kappa shape index (κ2) is 6.02. The molecule has 0 amide bonds. The molecule has 0 aromatic heterocycles. The Morgan fingerprint density at radius 2 is 1.88 bits per heavy atom. The molecule has 0 aliphatic rings. The summed E-state index contributed by atoms with van der Waals surface area (Å²) in [6.45, 7) is 6.45. The van der Waals surface area contributed by atoms with Gasteiger partial charge in [0.2, 0.25) is 0 Å². The molecule has 16 heavy (non-hydrogen) atoms. The minimum Gasteiger partial charge on any atom is -0.389 e. The van der Waals surface area contributed by atoms with E-state index in [1.165, 1.54) is 5.56 Å². The van der Waals surface area contributed by atoms with Crippen LogP contribution < -0.4 is 5.32 Å². The second-order valence-corrected chi connectivity index (χ2v) is 4.95. The Hall–Kier alpha value is -0.860. The van der Waals surface area contributed by atoms with E-state index in [4.69, 9.17) is 0 Å². The highest BCUT2D eigenvalue weighted by Crippen LogP contribution is 2.18. The van der Waals surface area contributed by atoms with Gasteiger partial charge in [0.1, 0.15) is 0 Å². The molecule has 1 unspecified atom stereocenters. The largest absolute Gasteiger partial charge is 0.389 e. The van der Waals surface area contributed by atoms with E-state index in [-0.39, 0.29) is 0 Å². The average molecular weight is 221 g/mol. The fourth-order valence-electron chi connectivity index (χ4n) is 1.73. The molecule has 1 atom stereocenters. The zero-order valence-electron chi connectivity index (χ0n) is 10.5. The van der Waals surface area contributed by atoms with Crippen molar-refractivity contribution in [1.29, 1.82) is 0 Å². The number of hydrogen-bond acceptors (Lipinski definition) is 2. The van der Waals surface area contributed by atoms with Crippen LogP contribution in [0.3, 0.4) is 0 Å². The maximum atomic E-state index is 9.72. The fourth-order valence-corrected chi connectivity index (χ4v) is 1.73. The van der Waals surface area contributed by atoms with Crippen LogP contribution in [0.15, 0.2) is 30.3 Å². The van der Waals surface area contributed by atoms with E-state index in [2.05, 4.69) is 36.5 Å². The fraction of sp³-hybridized carbons (Fsp3) is 0.571. The molecule has 0 spiro atoms. The molecule has 0 aliphatic heterocycles. The lowest BCUT2D eigenvalue weighted by molar-refractivity contribution is 0.0759. The lowest BCUT2D eigenvalue weighted by Crippen LogP contribution is -2.36. The van der Waals surface area contributed by atoms with Crippen LogP contribution in [0.2, 0.25) is 0 Å². The van der Waals surface area contributed by atoms with Gasteiger partial charge in [-0.3, -0.25) is 0 Å². The SMILES string of the molecule is CCCC(NCC(C)(C)O)c1ccccc1. The first-order valence-corrected chi connectivity index (χ1v) is 6.03. The van der Waals surface area contributed by atoms with Crippen LogP contribution >= 0.6 is 0 Å². The van der Waals surface area contributed by atoms with Gasteiger partial charge in [-0.2, -0.15) is 0 Å². The third kappa shape index (κ3) is 4.77. The summed E-state index contributed by atoms with van der Waals surface area (Å²) in [6, 6.07) is 10.8. The van der Waals surface area contributed by atoms with Crippen molar-refractivity contribution in [2.24, 2.45) is 0 Å². The first-order valence-electron chi connectivity index (χ1n) is 6.03. The predicted molar refractivity (Wildman–Crippen MR) is 68.4 cm³/mol. The van der Waals surface area contributed by atoms with Gasteiger partial charge in [-0.15, -0.1) is 0 Å². The zero-order valence-corrected chi connectivity index (χ0v) is 10.5. The van der Waals surface area contributed by atoms with Crippen molar-refractivity contribution < 1.29 is 5.11 Å². The predicted octanol–water partition coefficient (Wildman–Crippen LogP) is 2.89. The van der Waals surface area contributed by atoms with E-state index in [1.807, 2.05) is 19.9 Å². The first-order chi connectivity index (χ1) is 7.53. The molecule has 1 rings (SSSR count). The van der Waals surface area contributed by atoms with Crippen LogP contribution in [0.5, 0.6) is 0 Å². The van der Waals surface area contributed by atoms with Gasteiger partial charge in [-0.05, 0) is 25.8 Å². The number of nitrogens with one attached hydrogen (secondary N) is 1. The van der Waals surface area contributed by atoms with E-state index < -0.39 is 5.60 Å². The van der Waals surface area contributed by atoms with Gasteiger partial charge in [0, 0.05) is 12.6 Å². The van der Waals surface area contributed by atoms with E-state index in [1.54, 1.807) is 0 Å². The van der Waals surface area contributed by atoms with Crippen molar-refractivity contribution in [3.05, 3.63) is 35.9 Å². The van der Waals surface area contributed by atoms with Gasteiger partial charge in [-0.25, -0.2) is 0 Å². The minimum absolute atomic E-state index is 0.345. The standard InChI is InChI=1S/C14H23NO/c1-4-8-13(15-11-14(2,3)16)12-9-6-5-7-10-12/h5-7,9-10,13,15-16H,4,8,11H2,1-3H3. The molecule has 0 heterocycles. The van der Waals surface area contributed by atoms with Crippen molar-refractivity contribution in [2.75, 3.05) is 6.54 Å². The second-order valence-electron chi connectivity index (χ2n) is 4.95. The number of benzene rings is 1. The normalized spacial score (nSPS) is 13.8. The zero-order chi connectivity index (χ0) is 12.0. The highest BCUT2D eigenvalue weighted by atomic mass is 16.3. The summed E-state index contributed by atoms with van der Waals surface area (Å²) in [6.07, 6.45) is 2.23. The van der Waals surface area contributed by atoms with E-state index in [0.29, 0.717) is 12.6 Å². The lowest BCUT2D eigenvalue weighted by Gasteiger charge is -2.24. The molecule has 1 aromatic carbocycles. The van der Waals surface area contributed by atoms with Crippen molar-refractivity contribution in [1.82, 2.24) is 5.32 Å². The monoisotopic (exact) mass is 221 g/mol. The molecule has 0 bridgehead atoms. The number of aliphatic hydroxyl groups is 1. The summed E-state index contributed by atoms with van der Waals surface area (Å²) < 4.78 is 0. The summed E-state index contributed by atoms with van der Waals surface area (Å²) >= 11 is 0. The van der Waals surface area contributed by atoms with Crippen LogP contribution in [0.25, 0.3) is 0 Å². The topological polar surface area (TPSA) is 32.3 Å². The summed E-state index contributed by atoms with van der Waals surface area (Å²) in [7, 11) is 0. The highest BCUT2D eigenvalue weighted by molar-refractivity contribution is 5.18. The maximum absolute atomic E-state index is 9.72. The molecule has 0 radical (unpaired) electrons. The number of hydrogen-bond donors (Lipinski definition) is 2. The molecule has 1 aromatic rings. The molecule has 0 saturated heterocycles. The Morgan fingerprint density at radius 1 is 1.25 bits per heavy atom. The van der Waals surface area contributed by atoms with Crippen LogP contribution in [0.1, 0.15) is 45.2 Å². The quantitative estimate of drug-likeness (QED) is 0.774. The average Bonchev–Trinajstić information content (AvgIpc) is 2.24. The van der Waals surface area contributed by atoms with E-state index >= 15 is 0 Å². The van der Waals surface area contributed by atoms with Gasteiger partial charge in [0.25, 0.3) is 0 Å². The first kappa shape index (κ1) is 13.2. The highest BCUT2D eigenvalue weighted by Gasteiger charge is 2.16. The third-order valence-corrected chi connectivity index (χ3v) is 2.56. The van der Waals surface area contributed by atoms with Crippen molar-refractivity contribution in [3.63, 3.8) is 0 Å². The van der Waals surface area contributed by atoms with Crippen LogP contribution in [0, 0.1) is 0 Å². The summed E-state index contributed by atoms with van der Waals surface area (Å²) in [5.41, 5.74) is 0.648. The number of rotatable bonds is 6. The maximum Gasteiger partial charge on any atom is 0.0715 e. The Labute approximate surface area is 98.7 Å². The van der Waals surface area contributed by atoms with Crippen molar-refractivity contribution in [3.8, 4) is 0 Å². The molecule has 0 fully saturated rings. The molecule has 0 saturated carbocycles. The van der Waals surface area contributed by atoms with Gasteiger partial charge in [0.05, 0.1) is 5.60 Å². The smallest absolute Gasteiger partial charge is 0.0715 e. The van der Waals surface area contributed by atoms with Crippen LogP contribution in [-0.4, -0.2) is 17.3 Å². The molecule has 2 N–H and O–H groups in total. The Balaban J connectivity index is 2.61. The lowest BCUT2D eigenvalue weighted by atomic mass is 10.0. The van der Waals surface area contributed by atoms with E-state index in [9.17, 15) is 5.11 Å². The Morgan fingerprint density at radius 3 is 2.38 bits per heavy atom. The minimum atomic E-state index is -0.652. The van der Waals surface area contributed by atoms with Crippen LogP contribution in [-0.2, 0) is 0 Å². The van der Waals surface area contributed by atoms with Gasteiger partial charge < -0.3 is 10.4 Å². The molecular formula is C14H23NO. The molecule has 0 aliphatic carbocycles. The van der Waals surface area contributed by atoms with Crippen molar-refractivity contribution >= 4 is 0 Å². The molecule has 90 valence electrons. The molecule has 2 heteroatoms. The summed E-state index contributed by atoms with van der Waals surface area (Å²) in [5.74, 6) is 0. The van der Waals surface area contributed by atoms with Crippen LogP contribution in [0.4, 0.5) is 0 Å². The Bertz CT molecular complexity index is 289. The third-order valence-electron chi connectivity index (χ3n) is 2.56. The van der Waals surface area contributed by atoms with Gasteiger partial charge in [-0.1, -0.05) is 43.7 Å². The van der Waals surface area contributed by atoms with Gasteiger partial charge >= 0.3 is 0 Å². The van der Waals surface area contributed by atoms with Crippen molar-refractivity contribution in [2.45, 2.75) is 45.3 Å². The Kier molecular flexibility index (Phi) is 4.97. The van der Waals surface area contributed by atoms with E-state index in [0.717, 1.165) is 12.8 Å².